The molecule has 1 aromatic carbocycles. The van der Waals surface area contributed by atoms with Gasteiger partial charge in [0.2, 0.25) is 0 Å². The van der Waals surface area contributed by atoms with Gasteiger partial charge in [0.1, 0.15) is 0 Å². The Balaban J connectivity index is 2.30. The molecule has 0 saturated carbocycles. The van der Waals surface area contributed by atoms with E-state index in [4.69, 9.17) is 4.74 Å². The third-order valence-corrected chi connectivity index (χ3v) is 3.92. The van der Waals surface area contributed by atoms with Gasteiger partial charge in [-0.05, 0) is 56.7 Å². The number of rotatable bonds is 2. The van der Waals surface area contributed by atoms with Gasteiger partial charge in [0.15, 0.2) is 0 Å². The molecule has 2 heteroatoms. The van der Waals surface area contributed by atoms with Crippen LogP contribution in [0.25, 0.3) is 0 Å². The van der Waals surface area contributed by atoms with E-state index in [0.29, 0.717) is 6.61 Å². The summed E-state index contributed by atoms with van der Waals surface area (Å²) in [6.07, 6.45) is 2.77. The second kappa shape index (κ2) is 5.12. The monoisotopic (exact) mass is 243 g/mol. The van der Waals surface area contributed by atoms with Gasteiger partial charge in [-0.2, -0.15) is 5.26 Å². The maximum absolute atomic E-state index is 9.51. The van der Waals surface area contributed by atoms with Crippen molar-refractivity contribution in [2.75, 3.05) is 13.2 Å². The van der Waals surface area contributed by atoms with Crippen LogP contribution in [-0.2, 0) is 11.2 Å². The van der Waals surface area contributed by atoms with Gasteiger partial charge in [0, 0.05) is 6.61 Å². The third kappa shape index (κ3) is 2.57. The molecular weight excluding hydrogens is 222 g/mol. The Bertz CT molecular complexity index is 455. The number of hydrogen-bond donors (Lipinski definition) is 0. The Labute approximate surface area is 110 Å². The first-order valence-corrected chi connectivity index (χ1v) is 6.62. The van der Waals surface area contributed by atoms with Crippen molar-refractivity contribution in [2.45, 2.75) is 40.0 Å². The lowest BCUT2D eigenvalue weighted by atomic mass is 9.76. The van der Waals surface area contributed by atoms with Crippen LogP contribution in [0.1, 0.15) is 35.1 Å². The smallest absolute Gasteiger partial charge is 0.0848 e. The topological polar surface area (TPSA) is 33.0 Å². The number of nitriles is 1. The summed E-state index contributed by atoms with van der Waals surface area (Å²) in [6.45, 7) is 7.79. The van der Waals surface area contributed by atoms with Crippen LogP contribution in [0.2, 0.25) is 0 Å². The van der Waals surface area contributed by atoms with E-state index in [9.17, 15) is 5.26 Å². The normalized spacial score (nSPS) is 23.7. The zero-order valence-corrected chi connectivity index (χ0v) is 11.5. The van der Waals surface area contributed by atoms with Crippen molar-refractivity contribution < 1.29 is 4.74 Å². The van der Waals surface area contributed by atoms with Crippen LogP contribution in [0.5, 0.6) is 0 Å². The highest BCUT2D eigenvalue weighted by molar-refractivity contribution is 5.39. The van der Waals surface area contributed by atoms with Gasteiger partial charge < -0.3 is 4.74 Å². The molecule has 1 saturated heterocycles. The Morgan fingerprint density at radius 1 is 1.28 bits per heavy atom. The Morgan fingerprint density at radius 2 is 1.94 bits per heavy atom. The molecule has 2 nitrogen and oxygen atoms in total. The minimum absolute atomic E-state index is 0.316. The molecule has 96 valence electrons. The van der Waals surface area contributed by atoms with Crippen LogP contribution in [0.4, 0.5) is 0 Å². The van der Waals surface area contributed by atoms with Gasteiger partial charge >= 0.3 is 0 Å². The standard InChI is InChI=1S/C16H21NO/c1-12-7-13(2)15(14(3)8-12)9-16(10-17)5-4-6-18-11-16/h7-8H,4-6,9,11H2,1-3H3. The fraction of sp³-hybridized carbons (Fsp3) is 0.562. The van der Waals surface area contributed by atoms with Gasteiger partial charge in [-0.3, -0.25) is 0 Å². The minimum Gasteiger partial charge on any atom is -0.380 e. The molecule has 2 rings (SSSR count). The molecule has 1 aromatic rings. The van der Waals surface area contributed by atoms with E-state index in [0.717, 1.165) is 25.9 Å². The first-order chi connectivity index (χ1) is 8.56. The maximum Gasteiger partial charge on any atom is 0.0848 e. The third-order valence-electron chi connectivity index (χ3n) is 3.92. The Kier molecular flexibility index (Phi) is 3.73. The molecule has 1 heterocycles. The second-order valence-corrected chi connectivity index (χ2v) is 5.60. The Hall–Kier alpha value is -1.33. The molecule has 1 aliphatic heterocycles. The molecule has 0 spiro atoms. The molecule has 1 fully saturated rings. The number of benzene rings is 1. The SMILES string of the molecule is Cc1cc(C)c(CC2(C#N)CCCOC2)c(C)c1. The van der Waals surface area contributed by atoms with Crippen molar-refractivity contribution >= 4 is 0 Å². The first-order valence-electron chi connectivity index (χ1n) is 6.62. The highest BCUT2D eigenvalue weighted by Gasteiger charge is 2.34. The quantitative estimate of drug-likeness (QED) is 0.796. The van der Waals surface area contributed by atoms with Gasteiger partial charge in [0.25, 0.3) is 0 Å². The van der Waals surface area contributed by atoms with Crippen LogP contribution < -0.4 is 0 Å². The largest absolute Gasteiger partial charge is 0.380 e. The van der Waals surface area contributed by atoms with Gasteiger partial charge in [-0.1, -0.05) is 17.7 Å². The van der Waals surface area contributed by atoms with Gasteiger partial charge in [0.05, 0.1) is 18.1 Å². The van der Waals surface area contributed by atoms with Crippen LogP contribution in [-0.4, -0.2) is 13.2 Å². The molecule has 1 atom stereocenters. The summed E-state index contributed by atoms with van der Waals surface area (Å²) in [5.41, 5.74) is 4.90. The molecule has 1 unspecified atom stereocenters. The molecule has 0 radical (unpaired) electrons. The summed E-state index contributed by atoms with van der Waals surface area (Å²) in [5.74, 6) is 0. The summed E-state index contributed by atoms with van der Waals surface area (Å²) in [4.78, 5) is 0. The zero-order chi connectivity index (χ0) is 13.2. The number of aryl methyl sites for hydroxylation is 3. The highest BCUT2D eigenvalue weighted by atomic mass is 16.5. The van der Waals surface area contributed by atoms with E-state index in [1.807, 2.05) is 0 Å². The van der Waals surface area contributed by atoms with Crippen molar-refractivity contribution in [3.05, 3.63) is 34.4 Å². The summed E-state index contributed by atoms with van der Waals surface area (Å²) < 4.78 is 5.53. The maximum atomic E-state index is 9.51. The molecule has 0 bridgehead atoms. The van der Waals surface area contributed by atoms with Crippen LogP contribution in [0.3, 0.4) is 0 Å². The summed E-state index contributed by atoms with van der Waals surface area (Å²) >= 11 is 0. The molecular formula is C16H21NO. The number of ether oxygens (including phenoxy) is 1. The molecule has 18 heavy (non-hydrogen) atoms. The van der Waals surface area contributed by atoms with E-state index in [-0.39, 0.29) is 5.41 Å². The first kappa shape index (κ1) is 13.1. The summed E-state index contributed by atoms with van der Waals surface area (Å²) in [7, 11) is 0. The lowest BCUT2D eigenvalue weighted by molar-refractivity contribution is 0.0222. The second-order valence-electron chi connectivity index (χ2n) is 5.60. The van der Waals surface area contributed by atoms with Crippen LogP contribution in [0.15, 0.2) is 12.1 Å². The average molecular weight is 243 g/mol. The molecule has 0 aromatic heterocycles. The van der Waals surface area contributed by atoms with Crippen LogP contribution >= 0.6 is 0 Å². The number of nitrogens with zero attached hydrogens (tertiary/aromatic N) is 1. The Morgan fingerprint density at radius 3 is 2.44 bits per heavy atom. The van der Waals surface area contributed by atoms with Gasteiger partial charge in [-0.15, -0.1) is 0 Å². The number of hydrogen-bond acceptors (Lipinski definition) is 2. The predicted molar refractivity (Wildman–Crippen MR) is 72.5 cm³/mol. The fourth-order valence-electron chi connectivity index (χ4n) is 2.95. The van der Waals surface area contributed by atoms with Gasteiger partial charge in [-0.25, -0.2) is 0 Å². The van der Waals surface area contributed by atoms with Crippen molar-refractivity contribution in [1.82, 2.24) is 0 Å². The molecule has 1 aliphatic rings. The van der Waals surface area contributed by atoms with Crippen molar-refractivity contribution in [2.24, 2.45) is 5.41 Å². The molecule has 0 aliphatic carbocycles. The highest BCUT2D eigenvalue weighted by Crippen LogP contribution is 2.34. The van der Waals surface area contributed by atoms with Crippen molar-refractivity contribution in [1.29, 1.82) is 5.26 Å². The predicted octanol–water partition coefficient (Wildman–Crippen LogP) is 3.47. The van der Waals surface area contributed by atoms with Crippen molar-refractivity contribution in [3.63, 3.8) is 0 Å². The average Bonchev–Trinajstić information content (AvgIpc) is 2.35. The zero-order valence-electron chi connectivity index (χ0n) is 11.5. The van der Waals surface area contributed by atoms with E-state index in [1.165, 1.54) is 22.3 Å². The molecule has 0 amide bonds. The molecule has 0 N–H and O–H groups in total. The fourth-order valence-corrected chi connectivity index (χ4v) is 2.95. The van der Waals surface area contributed by atoms with Crippen molar-refractivity contribution in [3.8, 4) is 6.07 Å². The van der Waals surface area contributed by atoms with E-state index in [2.05, 4.69) is 39.0 Å². The summed E-state index contributed by atoms with van der Waals surface area (Å²) in [6, 6.07) is 6.92. The van der Waals surface area contributed by atoms with E-state index >= 15 is 0 Å². The van der Waals surface area contributed by atoms with E-state index < -0.39 is 0 Å². The van der Waals surface area contributed by atoms with Crippen LogP contribution in [0, 0.1) is 37.5 Å². The lowest BCUT2D eigenvalue weighted by Gasteiger charge is -2.31. The summed E-state index contributed by atoms with van der Waals surface area (Å²) in [5, 5.41) is 9.51. The van der Waals surface area contributed by atoms with E-state index in [1.54, 1.807) is 0 Å². The minimum atomic E-state index is -0.316. The lowest BCUT2D eigenvalue weighted by Crippen LogP contribution is -2.33.